The Bertz CT molecular complexity index is 337. The van der Waals surface area contributed by atoms with Gasteiger partial charge in [0.15, 0.2) is 6.29 Å². The van der Waals surface area contributed by atoms with Crippen LogP contribution in [0.4, 0.5) is 5.69 Å². The topological polar surface area (TPSA) is 43.1 Å². The normalized spacial score (nSPS) is 9.47. The van der Waals surface area contributed by atoms with Crippen molar-refractivity contribution in [3.63, 3.8) is 0 Å². The smallest absolute Gasteiger partial charge is 0.152 e. The predicted molar refractivity (Wildman–Crippen MR) is 69.5 cm³/mol. The Kier molecular flexibility index (Phi) is 6.61. The van der Waals surface area contributed by atoms with Crippen molar-refractivity contribution in [2.45, 2.75) is 20.8 Å². The molecule has 0 aromatic heterocycles. The largest absolute Gasteiger partial charge is 0.398 e. The minimum absolute atomic E-state index is 0.415. The summed E-state index contributed by atoms with van der Waals surface area (Å²) in [6, 6.07) is 3.13. The van der Waals surface area contributed by atoms with Crippen LogP contribution in [0, 0.1) is 5.92 Å². The maximum atomic E-state index is 10.3. The summed E-state index contributed by atoms with van der Waals surface area (Å²) in [6.07, 6.45) is 0.674. The van der Waals surface area contributed by atoms with Crippen LogP contribution in [-0.2, 0) is 0 Å². The van der Waals surface area contributed by atoms with Crippen molar-refractivity contribution in [3.05, 3.63) is 27.2 Å². The van der Waals surface area contributed by atoms with Crippen LogP contribution in [0.25, 0.3) is 0 Å². The Morgan fingerprint density at radius 1 is 1.40 bits per heavy atom. The first-order valence-corrected chi connectivity index (χ1v) is 5.75. The van der Waals surface area contributed by atoms with E-state index in [2.05, 4.69) is 36.7 Å². The molecular weight excluding hydrogens is 277 g/mol. The summed E-state index contributed by atoms with van der Waals surface area (Å²) >= 11 is 8.88. The van der Waals surface area contributed by atoms with Gasteiger partial charge in [-0.25, -0.2) is 0 Å². The maximum absolute atomic E-state index is 10.3. The van der Waals surface area contributed by atoms with Crippen LogP contribution < -0.4 is 5.73 Å². The fourth-order valence-corrected chi connectivity index (χ4v) is 1.21. The summed E-state index contributed by atoms with van der Waals surface area (Å²) < 4.78 is 0.697. The standard InChI is InChI=1S/C7H5BrClNO.C4H10/c8-5-2-7(10)4(3-11)1-6(5)9;1-4(2)3/h1-3H,10H2;4H,1-3H3. The Morgan fingerprint density at radius 3 is 2.27 bits per heavy atom. The van der Waals surface area contributed by atoms with Crippen molar-refractivity contribution in [3.8, 4) is 0 Å². The first-order chi connectivity index (χ1) is 6.88. The number of benzene rings is 1. The van der Waals surface area contributed by atoms with Crippen LogP contribution in [0.1, 0.15) is 31.1 Å². The molecular formula is C11H15BrClNO. The number of nitrogen functional groups attached to an aromatic ring is 1. The van der Waals surface area contributed by atoms with Gasteiger partial charge in [-0.3, -0.25) is 4.79 Å². The molecule has 0 amide bonds. The second-order valence-electron chi connectivity index (χ2n) is 3.75. The lowest BCUT2D eigenvalue weighted by Crippen LogP contribution is -1.92. The molecule has 1 aromatic carbocycles. The van der Waals surface area contributed by atoms with E-state index in [0.29, 0.717) is 27.0 Å². The highest BCUT2D eigenvalue weighted by Crippen LogP contribution is 2.26. The molecule has 1 rings (SSSR count). The molecule has 0 aliphatic heterocycles. The SMILES string of the molecule is CC(C)C.Nc1cc(Br)c(Cl)cc1C=O. The lowest BCUT2D eigenvalue weighted by molar-refractivity contribution is 0.112. The van der Waals surface area contributed by atoms with Crippen LogP contribution in [0.2, 0.25) is 5.02 Å². The quantitative estimate of drug-likeness (QED) is 0.624. The van der Waals surface area contributed by atoms with Gasteiger partial charge in [-0.05, 0) is 34.0 Å². The number of carbonyl (C=O) groups excluding carboxylic acids is 1. The molecule has 0 fully saturated rings. The van der Waals surface area contributed by atoms with Crippen molar-refractivity contribution in [2.75, 3.05) is 5.73 Å². The number of hydrogen-bond donors (Lipinski definition) is 1. The molecule has 1 aromatic rings. The third kappa shape index (κ3) is 5.80. The summed E-state index contributed by atoms with van der Waals surface area (Å²) in [5, 5.41) is 0.487. The van der Waals surface area contributed by atoms with E-state index in [-0.39, 0.29) is 0 Å². The molecule has 2 N–H and O–H groups in total. The van der Waals surface area contributed by atoms with E-state index in [4.69, 9.17) is 17.3 Å². The number of carbonyl (C=O) groups is 1. The molecule has 0 radical (unpaired) electrons. The molecule has 0 heterocycles. The Hall–Kier alpha value is -0.540. The molecule has 4 heteroatoms. The highest BCUT2D eigenvalue weighted by atomic mass is 79.9. The second kappa shape index (κ2) is 6.85. The van der Waals surface area contributed by atoms with Crippen molar-refractivity contribution in [1.29, 1.82) is 0 Å². The maximum Gasteiger partial charge on any atom is 0.152 e. The highest BCUT2D eigenvalue weighted by molar-refractivity contribution is 9.10. The fourth-order valence-electron chi connectivity index (χ4n) is 0.680. The van der Waals surface area contributed by atoms with Gasteiger partial charge in [0.2, 0.25) is 0 Å². The van der Waals surface area contributed by atoms with Crippen LogP contribution in [0.5, 0.6) is 0 Å². The van der Waals surface area contributed by atoms with E-state index in [1.165, 1.54) is 6.07 Å². The molecule has 2 nitrogen and oxygen atoms in total. The molecule has 15 heavy (non-hydrogen) atoms. The number of halogens is 2. The van der Waals surface area contributed by atoms with Gasteiger partial charge >= 0.3 is 0 Å². The van der Waals surface area contributed by atoms with E-state index in [9.17, 15) is 4.79 Å². The molecule has 0 saturated carbocycles. The first kappa shape index (κ1) is 14.5. The van der Waals surface area contributed by atoms with Gasteiger partial charge in [-0.2, -0.15) is 0 Å². The third-order valence-electron chi connectivity index (χ3n) is 1.25. The minimum Gasteiger partial charge on any atom is -0.398 e. The van der Waals surface area contributed by atoms with Gasteiger partial charge < -0.3 is 5.73 Å². The predicted octanol–water partition coefficient (Wildman–Crippen LogP) is 4.16. The van der Waals surface area contributed by atoms with Crippen molar-refractivity contribution in [1.82, 2.24) is 0 Å². The van der Waals surface area contributed by atoms with Crippen LogP contribution >= 0.6 is 27.5 Å². The minimum atomic E-state index is 0.415. The Morgan fingerprint density at radius 2 is 1.87 bits per heavy atom. The van der Waals surface area contributed by atoms with Gasteiger partial charge in [0.05, 0.1) is 5.02 Å². The van der Waals surface area contributed by atoms with E-state index in [1.807, 2.05) is 0 Å². The second-order valence-corrected chi connectivity index (χ2v) is 5.01. The average Bonchev–Trinajstić information content (AvgIpc) is 2.10. The van der Waals surface area contributed by atoms with Crippen molar-refractivity contribution >= 4 is 39.5 Å². The number of anilines is 1. The number of rotatable bonds is 1. The van der Waals surface area contributed by atoms with Gasteiger partial charge in [0.25, 0.3) is 0 Å². The molecule has 0 spiro atoms. The third-order valence-corrected chi connectivity index (χ3v) is 2.45. The van der Waals surface area contributed by atoms with Crippen molar-refractivity contribution < 1.29 is 4.79 Å². The lowest BCUT2D eigenvalue weighted by Gasteiger charge is -2.00. The van der Waals surface area contributed by atoms with E-state index in [0.717, 1.165) is 5.92 Å². The zero-order chi connectivity index (χ0) is 12.0. The molecule has 0 atom stereocenters. The number of nitrogens with two attached hydrogens (primary N) is 1. The fraction of sp³-hybridized carbons (Fsp3) is 0.364. The number of hydrogen-bond acceptors (Lipinski definition) is 2. The number of aldehydes is 1. The lowest BCUT2D eigenvalue weighted by atomic mass is 10.2. The molecule has 84 valence electrons. The molecule has 0 aliphatic carbocycles. The Balaban J connectivity index is 0.000000423. The average molecular weight is 293 g/mol. The molecule has 0 aliphatic rings. The van der Waals surface area contributed by atoms with Gasteiger partial charge in [-0.15, -0.1) is 0 Å². The monoisotopic (exact) mass is 291 g/mol. The van der Waals surface area contributed by atoms with Gasteiger partial charge in [-0.1, -0.05) is 32.4 Å². The molecule has 0 saturated heterocycles. The summed E-state index contributed by atoms with van der Waals surface area (Å²) in [4.78, 5) is 10.3. The first-order valence-electron chi connectivity index (χ1n) is 4.58. The molecule has 0 unspecified atom stereocenters. The van der Waals surface area contributed by atoms with E-state index >= 15 is 0 Å². The van der Waals surface area contributed by atoms with Crippen molar-refractivity contribution in [2.24, 2.45) is 5.92 Å². The summed E-state index contributed by atoms with van der Waals surface area (Å²) in [5.74, 6) is 0.833. The van der Waals surface area contributed by atoms with Crippen LogP contribution in [0.15, 0.2) is 16.6 Å². The van der Waals surface area contributed by atoms with Crippen LogP contribution in [0.3, 0.4) is 0 Å². The van der Waals surface area contributed by atoms with Gasteiger partial charge in [0.1, 0.15) is 0 Å². The summed E-state index contributed by atoms with van der Waals surface area (Å²) in [5.41, 5.74) is 6.32. The summed E-state index contributed by atoms with van der Waals surface area (Å²) in [6.45, 7) is 6.50. The Labute approximate surface area is 104 Å². The summed E-state index contributed by atoms with van der Waals surface area (Å²) in [7, 11) is 0. The van der Waals surface area contributed by atoms with E-state index in [1.54, 1.807) is 6.07 Å². The van der Waals surface area contributed by atoms with Gasteiger partial charge in [0, 0.05) is 15.7 Å². The van der Waals surface area contributed by atoms with Crippen LogP contribution in [-0.4, -0.2) is 6.29 Å². The van der Waals surface area contributed by atoms with E-state index < -0.39 is 0 Å². The molecule has 0 bridgehead atoms. The zero-order valence-corrected chi connectivity index (χ0v) is 11.4. The zero-order valence-electron chi connectivity index (χ0n) is 9.05. The highest BCUT2D eigenvalue weighted by Gasteiger charge is 2.02.